The number of amides is 1. The topological polar surface area (TPSA) is 70.5 Å². The molecule has 0 aromatic carbocycles. The highest BCUT2D eigenvalue weighted by atomic mass is 32.1. The number of rotatable bonds is 3. The molecule has 0 spiro atoms. The Bertz CT molecular complexity index is 510. The largest absolute Gasteiger partial charge is 0.480 e. The maximum Gasteiger partial charge on any atom is 0.326 e. The minimum absolute atomic E-state index is 0.252. The van der Waals surface area contributed by atoms with E-state index in [4.69, 9.17) is 5.11 Å². The first-order valence-corrected chi connectivity index (χ1v) is 7.09. The average molecular weight is 280 g/mol. The number of hydrogen-bond donors (Lipinski definition) is 1. The van der Waals surface area contributed by atoms with Crippen LogP contribution in [0, 0.1) is 6.92 Å². The van der Waals surface area contributed by atoms with Gasteiger partial charge in [0.05, 0.1) is 10.7 Å². The van der Waals surface area contributed by atoms with Crippen LogP contribution in [0.4, 0.5) is 0 Å². The Morgan fingerprint density at radius 1 is 1.53 bits per heavy atom. The van der Waals surface area contributed by atoms with Crippen molar-refractivity contribution in [3.05, 3.63) is 22.2 Å². The van der Waals surface area contributed by atoms with Crippen LogP contribution in [0.3, 0.4) is 0 Å². The number of aliphatic carboxylic acids is 1. The third kappa shape index (κ3) is 3.41. The summed E-state index contributed by atoms with van der Waals surface area (Å²) in [6.07, 6.45) is 5.30. The number of piperidine rings is 1. The predicted molar refractivity (Wildman–Crippen MR) is 72.9 cm³/mol. The van der Waals surface area contributed by atoms with Crippen molar-refractivity contribution >= 4 is 29.3 Å². The molecule has 2 heterocycles. The summed E-state index contributed by atoms with van der Waals surface area (Å²) in [4.78, 5) is 28.8. The Hall–Kier alpha value is -1.69. The minimum Gasteiger partial charge on any atom is -0.480 e. The summed E-state index contributed by atoms with van der Waals surface area (Å²) in [5.41, 5.74) is 0.736. The fraction of sp³-hybridized carbons (Fsp3) is 0.462. The van der Waals surface area contributed by atoms with Gasteiger partial charge in [0.2, 0.25) is 5.91 Å². The lowest BCUT2D eigenvalue weighted by Crippen LogP contribution is -2.47. The summed E-state index contributed by atoms with van der Waals surface area (Å²) in [7, 11) is 0. The standard InChI is InChI=1S/C13H16N2O3S/c1-9-14-10(8-19-9)5-6-12(16)15-7-3-2-4-11(15)13(17)18/h5-6,8,11H,2-4,7H2,1H3,(H,17,18)/b6-5+. The second-order valence-electron chi connectivity index (χ2n) is 4.51. The molecule has 1 saturated heterocycles. The number of likely N-dealkylation sites (tertiary alicyclic amines) is 1. The number of aromatic nitrogens is 1. The van der Waals surface area contributed by atoms with Crippen molar-refractivity contribution in [2.24, 2.45) is 0 Å². The van der Waals surface area contributed by atoms with E-state index in [2.05, 4.69) is 4.98 Å². The number of hydrogen-bond acceptors (Lipinski definition) is 4. The normalized spacial score (nSPS) is 19.8. The van der Waals surface area contributed by atoms with Crippen molar-refractivity contribution in [1.29, 1.82) is 0 Å². The van der Waals surface area contributed by atoms with Crippen LogP contribution in [-0.4, -0.2) is 39.5 Å². The lowest BCUT2D eigenvalue weighted by atomic mass is 10.0. The fourth-order valence-corrected chi connectivity index (χ4v) is 2.74. The minimum atomic E-state index is -0.925. The molecule has 1 aliphatic heterocycles. The first kappa shape index (κ1) is 13.7. The number of carbonyl (C=O) groups is 2. The van der Waals surface area contributed by atoms with E-state index in [9.17, 15) is 9.59 Å². The van der Waals surface area contributed by atoms with Gasteiger partial charge in [0.25, 0.3) is 0 Å². The molecule has 1 amide bonds. The molecule has 1 aromatic rings. The van der Waals surface area contributed by atoms with Crippen molar-refractivity contribution in [2.75, 3.05) is 6.54 Å². The van der Waals surface area contributed by atoms with Crippen LogP contribution in [0.25, 0.3) is 6.08 Å². The zero-order valence-corrected chi connectivity index (χ0v) is 11.5. The van der Waals surface area contributed by atoms with E-state index >= 15 is 0 Å². The SMILES string of the molecule is Cc1nc(/C=C/C(=O)N2CCCCC2C(=O)O)cs1. The summed E-state index contributed by atoms with van der Waals surface area (Å²) in [6, 6.07) is -0.692. The number of carbonyl (C=O) groups excluding carboxylic acids is 1. The van der Waals surface area contributed by atoms with Gasteiger partial charge in [-0.25, -0.2) is 9.78 Å². The Morgan fingerprint density at radius 3 is 2.95 bits per heavy atom. The van der Waals surface area contributed by atoms with Gasteiger partial charge in [0, 0.05) is 18.0 Å². The Kier molecular flexibility index (Phi) is 4.31. The average Bonchev–Trinajstić information content (AvgIpc) is 2.81. The summed E-state index contributed by atoms with van der Waals surface area (Å²) in [5, 5.41) is 11.9. The quantitative estimate of drug-likeness (QED) is 0.859. The highest BCUT2D eigenvalue weighted by Crippen LogP contribution is 2.18. The van der Waals surface area contributed by atoms with Crippen molar-refractivity contribution in [3.8, 4) is 0 Å². The molecule has 6 heteroatoms. The zero-order chi connectivity index (χ0) is 13.8. The van der Waals surface area contributed by atoms with Gasteiger partial charge in [0.1, 0.15) is 6.04 Å². The molecule has 1 aromatic heterocycles. The van der Waals surface area contributed by atoms with Crippen molar-refractivity contribution in [3.63, 3.8) is 0 Å². The Morgan fingerprint density at radius 2 is 2.32 bits per heavy atom. The van der Waals surface area contributed by atoms with E-state index in [1.807, 2.05) is 12.3 Å². The van der Waals surface area contributed by atoms with Crippen molar-refractivity contribution in [1.82, 2.24) is 9.88 Å². The van der Waals surface area contributed by atoms with E-state index in [1.165, 1.54) is 22.3 Å². The molecule has 1 atom stereocenters. The van der Waals surface area contributed by atoms with Gasteiger partial charge in [-0.1, -0.05) is 0 Å². The lowest BCUT2D eigenvalue weighted by molar-refractivity contribution is -0.150. The first-order valence-electron chi connectivity index (χ1n) is 6.21. The van der Waals surface area contributed by atoms with Gasteiger partial charge in [-0.15, -0.1) is 11.3 Å². The number of thiazole rings is 1. The zero-order valence-electron chi connectivity index (χ0n) is 10.7. The summed E-state index contributed by atoms with van der Waals surface area (Å²) < 4.78 is 0. The second kappa shape index (κ2) is 5.97. The van der Waals surface area contributed by atoms with Crippen LogP contribution >= 0.6 is 11.3 Å². The van der Waals surface area contributed by atoms with E-state index in [0.29, 0.717) is 13.0 Å². The number of nitrogens with zero attached hydrogens (tertiary/aromatic N) is 2. The predicted octanol–water partition coefficient (Wildman–Crippen LogP) is 1.93. The first-order chi connectivity index (χ1) is 9.08. The highest BCUT2D eigenvalue weighted by Gasteiger charge is 2.30. The Balaban J connectivity index is 2.05. The molecule has 2 rings (SSSR count). The van der Waals surface area contributed by atoms with E-state index < -0.39 is 12.0 Å². The number of carboxylic acid groups (broad SMARTS) is 1. The maximum atomic E-state index is 12.0. The molecule has 1 aliphatic rings. The summed E-state index contributed by atoms with van der Waals surface area (Å²) in [5.74, 6) is -1.18. The molecule has 0 saturated carbocycles. The smallest absolute Gasteiger partial charge is 0.326 e. The maximum absolute atomic E-state index is 12.0. The van der Waals surface area contributed by atoms with Gasteiger partial charge in [-0.3, -0.25) is 4.79 Å². The van der Waals surface area contributed by atoms with E-state index in [1.54, 1.807) is 6.08 Å². The molecule has 102 valence electrons. The van der Waals surface area contributed by atoms with Crippen LogP contribution in [0.15, 0.2) is 11.5 Å². The van der Waals surface area contributed by atoms with Gasteiger partial charge in [-0.05, 0) is 32.3 Å². The lowest BCUT2D eigenvalue weighted by Gasteiger charge is -2.32. The van der Waals surface area contributed by atoms with Crippen molar-refractivity contribution < 1.29 is 14.7 Å². The Labute approximate surface area is 115 Å². The van der Waals surface area contributed by atoms with Gasteiger partial charge in [-0.2, -0.15) is 0 Å². The van der Waals surface area contributed by atoms with Crippen LogP contribution in [0.5, 0.6) is 0 Å². The molecular weight excluding hydrogens is 264 g/mol. The highest BCUT2D eigenvalue weighted by molar-refractivity contribution is 7.09. The number of carboxylic acids is 1. The molecule has 1 N–H and O–H groups in total. The van der Waals surface area contributed by atoms with E-state index in [0.717, 1.165) is 23.5 Å². The fourth-order valence-electron chi connectivity index (χ4n) is 2.16. The van der Waals surface area contributed by atoms with Crippen molar-refractivity contribution in [2.45, 2.75) is 32.2 Å². The van der Waals surface area contributed by atoms with Crippen LogP contribution in [0.1, 0.15) is 30.0 Å². The molecule has 0 radical (unpaired) electrons. The van der Waals surface area contributed by atoms with Gasteiger partial charge < -0.3 is 10.0 Å². The molecule has 19 heavy (non-hydrogen) atoms. The molecule has 0 bridgehead atoms. The molecule has 1 unspecified atom stereocenters. The third-order valence-corrected chi connectivity index (χ3v) is 3.90. The molecule has 0 aliphatic carbocycles. The number of aryl methyl sites for hydroxylation is 1. The van der Waals surface area contributed by atoms with Crippen LogP contribution in [0.2, 0.25) is 0 Å². The van der Waals surface area contributed by atoms with E-state index in [-0.39, 0.29) is 5.91 Å². The second-order valence-corrected chi connectivity index (χ2v) is 5.57. The monoisotopic (exact) mass is 280 g/mol. The molecule has 1 fully saturated rings. The summed E-state index contributed by atoms with van der Waals surface area (Å²) in [6.45, 7) is 2.41. The third-order valence-electron chi connectivity index (χ3n) is 3.10. The van der Waals surface area contributed by atoms with Crippen LogP contribution < -0.4 is 0 Å². The van der Waals surface area contributed by atoms with Crippen LogP contribution in [-0.2, 0) is 9.59 Å². The molecular formula is C13H16N2O3S. The summed E-state index contributed by atoms with van der Waals surface area (Å²) >= 11 is 1.52. The van der Waals surface area contributed by atoms with Gasteiger partial charge >= 0.3 is 5.97 Å². The van der Waals surface area contributed by atoms with Gasteiger partial charge in [0.15, 0.2) is 0 Å². The molecule has 5 nitrogen and oxygen atoms in total.